The molecule has 2 rings (SSSR count). The number of methoxy groups -OCH3 is 1. The zero-order valence-corrected chi connectivity index (χ0v) is 13.7. The number of rotatable bonds is 6. The summed E-state index contributed by atoms with van der Waals surface area (Å²) in [6.07, 6.45) is 5.11. The van der Waals surface area contributed by atoms with Crippen LogP contribution in [0.2, 0.25) is 0 Å². The Labute approximate surface area is 125 Å². The molecule has 0 heterocycles. The molecule has 0 radical (unpaired) electrons. The third kappa shape index (κ3) is 3.73. The molecule has 1 aromatic rings. The molecule has 0 amide bonds. The Morgan fingerprint density at radius 2 is 2.11 bits per heavy atom. The summed E-state index contributed by atoms with van der Waals surface area (Å²) < 4.78 is 6.63. The predicted octanol–water partition coefficient (Wildman–Crippen LogP) is 4.17. The molecule has 1 aliphatic rings. The van der Waals surface area contributed by atoms with E-state index >= 15 is 0 Å². The van der Waals surface area contributed by atoms with Crippen LogP contribution in [-0.4, -0.2) is 19.7 Å². The van der Waals surface area contributed by atoms with Gasteiger partial charge in [-0.15, -0.1) is 0 Å². The van der Waals surface area contributed by atoms with E-state index in [0.29, 0.717) is 11.5 Å². The van der Waals surface area contributed by atoms with Crippen molar-refractivity contribution in [2.45, 2.75) is 45.6 Å². The Bertz CT molecular complexity index is 427. The van der Waals surface area contributed by atoms with Crippen LogP contribution < -0.4 is 10.1 Å². The van der Waals surface area contributed by atoms with E-state index < -0.39 is 0 Å². The summed E-state index contributed by atoms with van der Waals surface area (Å²) in [4.78, 5) is 0. The number of benzene rings is 1. The number of nitrogens with one attached hydrogen (secondary N) is 1. The van der Waals surface area contributed by atoms with Crippen molar-refractivity contribution in [2.24, 2.45) is 5.41 Å². The van der Waals surface area contributed by atoms with E-state index in [-0.39, 0.29) is 0 Å². The zero-order chi connectivity index (χ0) is 13.9. The maximum Gasteiger partial charge on any atom is 0.122 e. The maximum atomic E-state index is 5.50. The molecule has 0 unspecified atom stereocenters. The Morgan fingerprint density at radius 1 is 1.37 bits per heavy atom. The van der Waals surface area contributed by atoms with Crippen LogP contribution in [0.25, 0.3) is 0 Å². The minimum absolute atomic E-state index is 0.429. The molecule has 1 aromatic carbocycles. The molecule has 1 fully saturated rings. The molecule has 0 atom stereocenters. The molecule has 0 bridgehead atoms. The molecule has 1 aliphatic carbocycles. The van der Waals surface area contributed by atoms with Crippen LogP contribution in [0.3, 0.4) is 0 Å². The van der Waals surface area contributed by atoms with Gasteiger partial charge in [0.1, 0.15) is 5.75 Å². The highest BCUT2D eigenvalue weighted by molar-refractivity contribution is 9.10. The van der Waals surface area contributed by atoms with Crippen LogP contribution in [0.15, 0.2) is 22.7 Å². The molecule has 3 heteroatoms. The lowest BCUT2D eigenvalue weighted by molar-refractivity contribution is 0.125. The molecule has 1 N–H and O–H groups in total. The quantitative estimate of drug-likeness (QED) is 0.847. The first-order valence-electron chi connectivity index (χ1n) is 7.10. The zero-order valence-electron chi connectivity index (χ0n) is 12.1. The van der Waals surface area contributed by atoms with E-state index in [1.165, 1.54) is 24.8 Å². The fourth-order valence-electron chi connectivity index (χ4n) is 2.80. The first-order valence-corrected chi connectivity index (χ1v) is 7.90. The summed E-state index contributed by atoms with van der Waals surface area (Å²) in [5.74, 6) is 1.01. The van der Waals surface area contributed by atoms with Crippen LogP contribution in [0, 0.1) is 5.41 Å². The maximum absolute atomic E-state index is 5.50. The first-order chi connectivity index (χ1) is 9.04. The largest absolute Gasteiger partial charge is 0.496 e. The topological polar surface area (TPSA) is 21.3 Å². The Balaban J connectivity index is 2.11. The predicted molar refractivity (Wildman–Crippen MR) is 83.8 cm³/mol. The average Bonchev–Trinajstić information content (AvgIpc) is 2.32. The van der Waals surface area contributed by atoms with Gasteiger partial charge in [0.15, 0.2) is 0 Å². The molecular formula is C16H24BrNO. The van der Waals surface area contributed by atoms with Gasteiger partial charge in [-0.3, -0.25) is 0 Å². The van der Waals surface area contributed by atoms with Gasteiger partial charge in [-0.05, 0) is 48.4 Å². The fourth-order valence-corrected chi connectivity index (χ4v) is 3.21. The van der Waals surface area contributed by atoms with Gasteiger partial charge in [-0.1, -0.05) is 36.2 Å². The third-order valence-corrected chi connectivity index (χ3v) is 4.60. The highest BCUT2D eigenvalue weighted by atomic mass is 79.9. The van der Waals surface area contributed by atoms with Gasteiger partial charge in [0, 0.05) is 17.1 Å². The highest BCUT2D eigenvalue weighted by Crippen LogP contribution is 2.44. The lowest BCUT2D eigenvalue weighted by Crippen LogP contribution is -2.43. The van der Waals surface area contributed by atoms with Gasteiger partial charge in [0.25, 0.3) is 0 Å². The van der Waals surface area contributed by atoms with Crippen molar-refractivity contribution in [1.29, 1.82) is 0 Å². The summed E-state index contributed by atoms with van der Waals surface area (Å²) in [5, 5.41) is 3.61. The summed E-state index contributed by atoms with van der Waals surface area (Å²) >= 11 is 3.56. The smallest absolute Gasteiger partial charge is 0.122 e. The molecule has 0 aromatic heterocycles. The van der Waals surface area contributed by atoms with Gasteiger partial charge in [0.05, 0.1) is 7.11 Å². The number of halogens is 1. The highest BCUT2D eigenvalue weighted by Gasteiger charge is 2.37. The second-order valence-corrected chi connectivity index (χ2v) is 6.94. The summed E-state index contributed by atoms with van der Waals surface area (Å²) in [5.41, 5.74) is 1.75. The van der Waals surface area contributed by atoms with E-state index in [2.05, 4.69) is 47.2 Å². The summed E-state index contributed by atoms with van der Waals surface area (Å²) in [7, 11) is 1.76. The normalized spacial score (nSPS) is 17.3. The molecule has 2 nitrogen and oxygen atoms in total. The second-order valence-electron chi connectivity index (χ2n) is 6.02. The van der Waals surface area contributed by atoms with E-state index in [4.69, 9.17) is 4.74 Å². The van der Waals surface area contributed by atoms with E-state index in [1.807, 2.05) is 6.07 Å². The fraction of sp³-hybridized carbons (Fsp3) is 0.625. The molecule has 19 heavy (non-hydrogen) atoms. The SMILES string of the molecule is COc1ccc(Br)cc1CC1(CNC(C)C)CCC1. The average molecular weight is 326 g/mol. The molecule has 106 valence electrons. The van der Waals surface area contributed by atoms with E-state index in [0.717, 1.165) is 23.2 Å². The molecule has 0 aliphatic heterocycles. The molecular weight excluding hydrogens is 302 g/mol. The van der Waals surface area contributed by atoms with Crippen LogP contribution in [0.5, 0.6) is 5.75 Å². The van der Waals surface area contributed by atoms with Crippen LogP contribution in [0.4, 0.5) is 0 Å². The van der Waals surface area contributed by atoms with E-state index in [1.54, 1.807) is 7.11 Å². The van der Waals surface area contributed by atoms with Crippen molar-refractivity contribution in [1.82, 2.24) is 5.32 Å². The Kier molecular flexibility index (Phi) is 4.91. The Morgan fingerprint density at radius 3 is 2.63 bits per heavy atom. The van der Waals surface area contributed by atoms with Gasteiger partial charge in [-0.25, -0.2) is 0 Å². The van der Waals surface area contributed by atoms with Crippen LogP contribution >= 0.6 is 15.9 Å². The van der Waals surface area contributed by atoms with Gasteiger partial charge < -0.3 is 10.1 Å². The standard InChI is InChI=1S/C16H24BrNO/c1-12(2)18-11-16(7-4-8-16)10-13-9-14(17)5-6-15(13)19-3/h5-6,9,12,18H,4,7-8,10-11H2,1-3H3. The second kappa shape index (κ2) is 6.27. The lowest BCUT2D eigenvalue weighted by atomic mass is 9.65. The molecule has 0 spiro atoms. The number of hydrogen-bond acceptors (Lipinski definition) is 2. The first kappa shape index (κ1) is 14.9. The third-order valence-electron chi connectivity index (χ3n) is 4.11. The summed E-state index contributed by atoms with van der Waals surface area (Å²) in [6, 6.07) is 6.86. The van der Waals surface area contributed by atoms with E-state index in [9.17, 15) is 0 Å². The van der Waals surface area contributed by atoms with Crippen molar-refractivity contribution in [3.05, 3.63) is 28.2 Å². The monoisotopic (exact) mass is 325 g/mol. The van der Waals surface area contributed by atoms with Gasteiger partial charge >= 0.3 is 0 Å². The number of hydrogen-bond donors (Lipinski definition) is 1. The van der Waals surface area contributed by atoms with Crippen molar-refractivity contribution in [3.63, 3.8) is 0 Å². The molecule has 1 saturated carbocycles. The minimum atomic E-state index is 0.429. The van der Waals surface area contributed by atoms with Crippen LogP contribution in [-0.2, 0) is 6.42 Å². The molecule has 0 saturated heterocycles. The van der Waals surface area contributed by atoms with Crippen molar-refractivity contribution in [2.75, 3.05) is 13.7 Å². The summed E-state index contributed by atoms with van der Waals surface area (Å²) in [6.45, 7) is 5.54. The van der Waals surface area contributed by atoms with Gasteiger partial charge in [-0.2, -0.15) is 0 Å². The minimum Gasteiger partial charge on any atom is -0.496 e. The van der Waals surface area contributed by atoms with Crippen molar-refractivity contribution < 1.29 is 4.74 Å². The van der Waals surface area contributed by atoms with Crippen LogP contribution in [0.1, 0.15) is 38.7 Å². The van der Waals surface area contributed by atoms with Crippen molar-refractivity contribution in [3.8, 4) is 5.75 Å². The lowest BCUT2D eigenvalue weighted by Gasteiger charge is -2.43. The van der Waals surface area contributed by atoms with Gasteiger partial charge in [0.2, 0.25) is 0 Å². The number of ether oxygens (including phenoxy) is 1. The Hall–Kier alpha value is -0.540. The van der Waals surface area contributed by atoms with Crippen molar-refractivity contribution >= 4 is 15.9 Å².